The maximum Gasteiger partial charge on any atom is 0.203 e. The highest BCUT2D eigenvalue weighted by atomic mass is 32.2. The molecule has 1 aromatic rings. The van der Waals surface area contributed by atoms with E-state index in [1.807, 2.05) is 0 Å². The fraction of sp³-hybridized carbons (Fsp3) is 0.100. The lowest BCUT2D eigenvalue weighted by Crippen LogP contribution is -1.97. The average molecular weight is 226 g/mol. The molecule has 1 aliphatic heterocycles. The standard InChI is InChI=1S/C10H7FO3S/c11-9-3-1-2-8-7(4-5-12)6-15(13,14)10(8)9/h1-3,5-6H,4H2. The summed E-state index contributed by atoms with van der Waals surface area (Å²) >= 11 is 0. The maximum absolute atomic E-state index is 13.3. The molecule has 5 heteroatoms. The summed E-state index contributed by atoms with van der Waals surface area (Å²) in [5.74, 6) is -0.773. The van der Waals surface area contributed by atoms with Gasteiger partial charge in [0.25, 0.3) is 0 Å². The lowest BCUT2D eigenvalue weighted by atomic mass is 10.1. The van der Waals surface area contributed by atoms with Crippen LogP contribution in [0.4, 0.5) is 4.39 Å². The molecule has 0 unspecified atom stereocenters. The number of benzene rings is 1. The molecular formula is C10H7FO3S. The van der Waals surface area contributed by atoms with Gasteiger partial charge in [0.15, 0.2) is 0 Å². The van der Waals surface area contributed by atoms with Gasteiger partial charge in [-0.1, -0.05) is 12.1 Å². The van der Waals surface area contributed by atoms with Gasteiger partial charge in [0.2, 0.25) is 9.84 Å². The minimum Gasteiger partial charge on any atom is -0.303 e. The minimum atomic E-state index is -3.70. The Bertz CT molecular complexity index is 558. The van der Waals surface area contributed by atoms with Crippen molar-refractivity contribution in [1.82, 2.24) is 0 Å². The predicted octanol–water partition coefficient (Wildman–Crippen LogP) is 1.54. The molecule has 2 rings (SSSR count). The van der Waals surface area contributed by atoms with Gasteiger partial charge < -0.3 is 4.79 Å². The van der Waals surface area contributed by atoms with Crippen LogP contribution in [0.25, 0.3) is 5.57 Å². The third-order valence-corrected chi connectivity index (χ3v) is 3.78. The molecule has 0 amide bonds. The van der Waals surface area contributed by atoms with Crippen LogP contribution in [-0.2, 0) is 14.6 Å². The first-order valence-electron chi connectivity index (χ1n) is 4.24. The van der Waals surface area contributed by atoms with Crippen molar-refractivity contribution in [2.24, 2.45) is 0 Å². The molecule has 78 valence electrons. The van der Waals surface area contributed by atoms with Crippen molar-refractivity contribution in [2.75, 3.05) is 0 Å². The molecule has 15 heavy (non-hydrogen) atoms. The Hall–Kier alpha value is -1.49. The Morgan fingerprint density at radius 1 is 1.33 bits per heavy atom. The molecule has 1 heterocycles. The van der Waals surface area contributed by atoms with E-state index >= 15 is 0 Å². The molecule has 0 aliphatic carbocycles. The fourth-order valence-corrected chi connectivity index (χ4v) is 3.17. The number of carbonyl (C=O) groups is 1. The second-order valence-electron chi connectivity index (χ2n) is 3.18. The number of halogens is 1. The normalized spacial score (nSPS) is 17.0. The monoisotopic (exact) mass is 226 g/mol. The fourth-order valence-electron chi connectivity index (χ4n) is 1.61. The zero-order chi connectivity index (χ0) is 11.1. The third kappa shape index (κ3) is 1.48. The van der Waals surface area contributed by atoms with E-state index in [4.69, 9.17) is 0 Å². The van der Waals surface area contributed by atoms with Crippen LogP contribution in [0.1, 0.15) is 12.0 Å². The summed E-state index contributed by atoms with van der Waals surface area (Å²) < 4.78 is 36.4. The number of aldehydes is 1. The molecule has 0 aromatic heterocycles. The smallest absolute Gasteiger partial charge is 0.203 e. The van der Waals surface area contributed by atoms with Crippen LogP contribution < -0.4 is 0 Å². The molecule has 0 radical (unpaired) electrons. The van der Waals surface area contributed by atoms with Crippen molar-refractivity contribution in [2.45, 2.75) is 11.3 Å². The van der Waals surface area contributed by atoms with Crippen LogP contribution >= 0.6 is 0 Å². The van der Waals surface area contributed by atoms with E-state index in [2.05, 4.69) is 0 Å². The zero-order valence-corrected chi connectivity index (χ0v) is 8.42. The Kier molecular flexibility index (Phi) is 2.19. The van der Waals surface area contributed by atoms with E-state index in [-0.39, 0.29) is 11.3 Å². The van der Waals surface area contributed by atoms with Crippen LogP contribution in [-0.4, -0.2) is 14.7 Å². The summed E-state index contributed by atoms with van der Waals surface area (Å²) in [6.07, 6.45) is 0.580. The van der Waals surface area contributed by atoms with Crippen LogP contribution in [0.3, 0.4) is 0 Å². The maximum atomic E-state index is 13.3. The van der Waals surface area contributed by atoms with Gasteiger partial charge >= 0.3 is 0 Å². The van der Waals surface area contributed by atoms with E-state index in [0.29, 0.717) is 17.4 Å². The van der Waals surface area contributed by atoms with Gasteiger partial charge in [-0.15, -0.1) is 0 Å². The SMILES string of the molecule is O=CCC1=CS(=O)(=O)c2c(F)cccc21. The molecule has 0 N–H and O–H groups in total. The van der Waals surface area contributed by atoms with Gasteiger partial charge in [0.1, 0.15) is 17.0 Å². The summed E-state index contributed by atoms with van der Waals surface area (Å²) in [6.45, 7) is 0. The highest BCUT2D eigenvalue weighted by molar-refractivity contribution is 7.95. The molecule has 0 atom stereocenters. The van der Waals surface area contributed by atoms with Gasteiger partial charge in [0.05, 0.1) is 0 Å². The summed E-state index contributed by atoms with van der Waals surface area (Å²) in [4.78, 5) is 10.0. The molecular weight excluding hydrogens is 219 g/mol. The number of allylic oxidation sites excluding steroid dienone is 1. The van der Waals surface area contributed by atoms with Gasteiger partial charge in [-0.3, -0.25) is 0 Å². The molecule has 0 saturated carbocycles. The molecule has 0 saturated heterocycles. The van der Waals surface area contributed by atoms with Crippen molar-refractivity contribution in [1.29, 1.82) is 0 Å². The van der Waals surface area contributed by atoms with Gasteiger partial charge in [-0.2, -0.15) is 0 Å². The van der Waals surface area contributed by atoms with E-state index < -0.39 is 15.7 Å². The van der Waals surface area contributed by atoms with E-state index in [0.717, 1.165) is 11.5 Å². The van der Waals surface area contributed by atoms with Crippen molar-refractivity contribution in [3.05, 3.63) is 35.0 Å². The average Bonchev–Trinajstić information content (AvgIpc) is 2.40. The van der Waals surface area contributed by atoms with Crippen LogP contribution in [0.2, 0.25) is 0 Å². The molecule has 1 aromatic carbocycles. The zero-order valence-electron chi connectivity index (χ0n) is 7.60. The first kappa shape index (κ1) is 10.0. The largest absolute Gasteiger partial charge is 0.303 e. The van der Waals surface area contributed by atoms with Crippen molar-refractivity contribution in [3.8, 4) is 0 Å². The summed E-state index contributed by atoms with van der Waals surface area (Å²) in [5.41, 5.74) is 0.640. The van der Waals surface area contributed by atoms with Gasteiger partial charge in [-0.25, -0.2) is 12.8 Å². The lowest BCUT2D eigenvalue weighted by Gasteiger charge is -2.01. The number of hydrogen-bond acceptors (Lipinski definition) is 3. The molecule has 0 spiro atoms. The summed E-state index contributed by atoms with van der Waals surface area (Å²) in [5, 5.41) is 0.954. The predicted molar refractivity (Wildman–Crippen MR) is 52.2 cm³/mol. The number of rotatable bonds is 2. The molecule has 0 bridgehead atoms. The van der Waals surface area contributed by atoms with Gasteiger partial charge in [-0.05, 0) is 11.6 Å². The number of fused-ring (bicyclic) bond motifs is 1. The van der Waals surface area contributed by atoms with Crippen molar-refractivity contribution >= 4 is 21.7 Å². The van der Waals surface area contributed by atoms with Crippen LogP contribution in [0.5, 0.6) is 0 Å². The highest BCUT2D eigenvalue weighted by Gasteiger charge is 2.29. The van der Waals surface area contributed by atoms with Crippen molar-refractivity contribution < 1.29 is 17.6 Å². The van der Waals surface area contributed by atoms with Gasteiger partial charge in [0, 0.05) is 17.4 Å². The molecule has 0 fully saturated rings. The number of hydrogen-bond donors (Lipinski definition) is 0. The number of carbonyl (C=O) groups excluding carboxylic acids is 1. The Morgan fingerprint density at radius 2 is 2.07 bits per heavy atom. The second-order valence-corrected chi connectivity index (χ2v) is 4.91. The Morgan fingerprint density at radius 3 is 2.73 bits per heavy atom. The highest BCUT2D eigenvalue weighted by Crippen LogP contribution is 2.36. The Balaban J connectivity index is 2.73. The second kappa shape index (κ2) is 3.27. The molecule has 3 nitrogen and oxygen atoms in total. The van der Waals surface area contributed by atoms with E-state index in [1.54, 1.807) is 0 Å². The topological polar surface area (TPSA) is 51.2 Å². The molecule has 1 aliphatic rings. The first-order valence-corrected chi connectivity index (χ1v) is 5.79. The summed E-state index contributed by atoms with van der Waals surface area (Å²) in [7, 11) is -3.70. The summed E-state index contributed by atoms with van der Waals surface area (Å²) in [6, 6.07) is 4.01. The van der Waals surface area contributed by atoms with Crippen LogP contribution in [0.15, 0.2) is 28.5 Å². The van der Waals surface area contributed by atoms with E-state index in [9.17, 15) is 17.6 Å². The lowest BCUT2D eigenvalue weighted by molar-refractivity contribution is -0.107. The third-order valence-electron chi connectivity index (χ3n) is 2.20. The van der Waals surface area contributed by atoms with Crippen LogP contribution in [0, 0.1) is 5.82 Å². The minimum absolute atomic E-state index is 0.0182. The Labute approximate surface area is 86.1 Å². The number of sulfone groups is 1. The van der Waals surface area contributed by atoms with Crippen molar-refractivity contribution in [3.63, 3.8) is 0 Å². The quantitative estimate of drug-likeness (QED) is 0.719. The first-order chi connectivity index (χ1) is 7.06. The van der Waals surface area contributed by atoms with E-state index in [1.165, 1.54) is 12.1 Å².